The Bertz CT molecular complexity index is 1390. The van der Waals surface area contributed by atoms with Crippen molar-refractivity contribution in [1.29, 1.82) is 0 Å². The van der Waals surface area contributed by atoms with E-state index in [4.69, 9.17) is 35.7 Å². The van der Waals surface area contributed by atoms with Gasteiger partial charge in [0.1, 0.15) is 5.82 Å². The van der Waals surface area contributed by atoms with Crippen LogP contribution in [0.3, 0.4) is 0 Å². The van der Waals surface area contributed by atoms with E-state index in [0.29, 0.717) is 47.0 Å². The summed E-state index contributed by atoms with van der Waals surface area (Å²) in [6.07, 6.45) is -1.65. The molecular weight excluding hydrogens is 595 g/mol. The van der Waals surface area contributed by atoms with Crippen LogP contribution in [-0.4, -0.2) is 67.5 Å². The Hall–Kier alpha value is -4.46. The van der Waals surface area contributed by atoms with Crippen molar-refractivity contribution in [2.24, 2.45) is 5.92 Å². The number of nitrogens with one attached hydrogen (secondary N) is 2. The van der Waals surface area contributed by atoms with Gasteiger partial charge in [-0.25, -0.2) is 9.78 Å². The van der Waals surface area contributed by atoms with Crippen molar-refractivity contribution in [2.75, 3.05) is 44.6 Å². The molecule has 2 heterocycles. The molecule has 1 amide bonds. The number of methoxy groups -OCH3 is 3. The van der Waals surface area contributed by atoms with Gasteiger partial charge in [-0.1, -0.05) is 23.7 Å². The quantitative estimate of drug-likeness (QED) is 0.296. The lowest BCUT2D eigenvalue weighted by Gasteiger charge is -2.33. The van der Waals surface area contributed by atoms with Crippen molar-refractivity contribution >= 4 is 40.9 Å². The van der Waals surface area contributed by atoms with Gasteiger partial charge in [-0.05, 0) is 36.6 Å². The number of nitrogens with zero attached hydrogens (tertiary/aromatic N) is 3. The zero-order valence-electron chi connectivity index (χ0n) is 23.6. The summed E-state index contributed by atoms with van der Waals surface area (Å²) in [7, 11) is 4.69. The molecular formula is C28H31ClF3N5O6. The van der Waals surface area contributed by atoms with E-state index in [9.17, 15) is 18.0 Å². The summed E-state index contributed by atoms with van der Waals surface area (Å²) in [4.78, 5) is 32.9. The molecule has 0 spiro atoms. The van der Waals surface area contributed by atoms with Crippen molar-refractivity contribution < 1.29 is 42.1 Å². The van der Waals surface area contributed by atoms with Gasteiger partial charge in [-0.2, -0.15) is 18.2 Å². The lowest BCUT2D eigenvalue weighted by Crippen LogP contribution is -2.43. The van der Waals surface area contributed by atoms with Crippen molar-refractivity contribution in [3.63, 3.8) is 0 Å². The topological polar surface area (TPSA) is 135 Å². The average molecular weight is 626 g/mol. The van der Waals surface area contributed by atoms with Crippen LogP contribution in [-0.2, 0) is 16.1 Å². The van der Waals surface area contributed by atoms with Crippen LogP contribution in [0.2, 0.25) is 5.02 Å². The lowest BCUT2D eigenvalue weighted by atomic mass is 9.97. The first kappa shape index (κ1) is 33.0. The number of aromatic nitrogens is 2. The van der Waals surface area contributed by atoms with Crippen LogP contribution >= 0.6 is 11.6 Å². The molecule has 0 radical (unpaired) electrons. The molecule has 1 aliphatic heterocycles. The molecule has 1 fully saturated rings. The van der Waals surface area contributed by atoms with Gasteiger partial charge in [0.25, 0.3) is 0 Å². The Morgan fingerprint density at radius 2 is 1.77 bits per heavy atom. The Balaban J connectivity index is 0.000000646. The van der Waals surface area contributed by atoms with Crippen LogP contribution in [0, 0.1) is 5.92 Å². The molecule has 11 nitrogen and oxygen atoms in total. The number of carboxylic acid groups (broad SMARTS) is 1. The number of carbonyl (C=O) groups is 2. The third-order valence-corrected chi connectivity index (χ3v) is 6.51. The minimum Gasteiger partial charge on any atom is -0.493 e. The predicted octanol–water partition coefficient (Wildman–Crippen LogP) is 5.07. The number of aliphatic carboxylic acids is 1. The van der Waals surface area contributed by atoms with Crippen LogP contribution in [0.25, 0.3) is 0 Å². The van der Waals surface area contributed by atoms with Crippen molar-refractivity contribution in [2.45, 2.75) is 25.6 Å². The van der Waals surface area contributed by atoms with Gasteiger partial charge in [-0.15, -0.1) is 0 Å². The summed E-state index contributed by atoms with van der Waals surface area (Å²) in [5, 5.41) is 14.0. The van der Waals surface area contributed by atoms with Crippen LogP contribution in [0.15, 0.2) is 48.7 Å². The first-order chi connectivity index (χ1) is 20.4. The maximum atomic E-state index is 12.9. The first-order valence-electron chi connectivity index (χ1n) is 12.9. The summed E-state index contributed by atoms with van der Waals surface area (Å²) in [6, 6.07) is 12.9. The highest BCUT2D eigenvalue weighted by atomic mass is 35.5. The first-order valence-corrected chi connectivity index (χ1v) is 13.3. The van der Waals surface area contributed by atoms with Gasteiger partial charge in [0.2, 0.25) is 17.6 Å². The monoisotopic (exact) mass is 625 g/mol. The molecule has 0 aliphatic carbocycles. The number of carbonyl (C=O) groups excluding carboxylic acids is 1. The molecule has 3 aromatic rings. The number of rotatable bonds is 9. The fourth-order valence-electron chi connectivity index (χ4n) is 4.25. The van der Waals surface area contributed by atoms with Gasteiger partial charge in [0.05, 0.1) is 27.2 Å². The number of hydrogen-bond donors (Lipinski definition) is 3. The molecule has 232 valence electrons. The number of halogens is 4. The minimum absolute atomic E-state index is 0.0319. The fraction of sp³-hybridized carbons (Fsp3) is 0.357. The van der Waals surface area contributed by atoms with E-state index in [0.717, 1.165) is 30.8 Å². The Morgan fingerprint density at radius 1 is 1.09 bits per heavy atom. The molecule has 0 bridgehead atoms. The molecule has 3 N–H and O–H groups in total. The van der Waals surface area contributed by atoms with Crippen LogP contribution in [0.5, 0.6) is 17.2 Å². The predicted molar refractivity (Wildman–Crippen MR) is 153 cm³/mol. The standard InChI is InChI=1S/C26H30ClN5O4.C2HF3O2/c1-34-21-13-20(14-22(35-2)24(21)36-3)30-26-28-10-9-23(31-26)32-11-5-7-18(16-32)25(33)29-15-17-6-4-8-19(27)12-17;3-2(4,5)1(6)7/h4,6,8-10,12-14,18H,5,7,11,15-16H2,1-3H3,(H,29,33)(H,28,30,31);(H,6,7)/t18-;/m0./s1. The van der Waals surface area contributed by atoms with Gasteiger partial charge >= 0.3 is 12.1 Å². The van der Waals surface area contributed by atoms with E-state index in [1.165, 1.54) is 0 Å². The highest BCUT2D eigenvalue weighted by Gasteiger charge is 2.38. The molecule has 1 aromatic heterocycles. The number of benzene rings is 2. The molecule has 2 aromatic carbocycles. The maximum Gasteiger partial charge on any atom is 0.490 e. The number of carboxylic acids is 1. The van der Waals surface area contributed by atoms with E-state index in [1.807, 2.05) is 30.3 Å². The average Bonchev–Trinajstić information content (AvgIpc) is 2.99. The number of anilines is 3. The SMILES string of the molecule is COc1cc(Nc2nccc(N3CCC[C@H](C(=O)NCc4cccc(Cl)c4)C3)n2)cc(OC)c1OC.O=C(O)C(F)(F)F. The third kappa shape index (κ3) is 9.53. The summed E-state index contributed by atoms with van der Waals surface area (Å²) >= 11 is 6.05. The van der Waals surface area contributed by atoms with Crippen molar-refractivity contribution in [3.8, 4) is 17.2 Å². The molecule has 4 rings (SSSR count). The fourth-order valence-corrected chi connectivity index (χ4v) is 4.46. The van der Waals surface area contributed by atoms with Gasteiger partial charge in [-0.3, -0.25) is 4.79 Å². The van der Waals surface area contributed by atoms with E-state index in [2.05, 4.69) is 25.5 Å². The molecule has 0 unspecified atom stereocenters. The molecule has 1 atom stereocenters. The normalized spacial score (nSPS) is 14.6. The van der Waals surface area contributed by atoms with Gasteiger partial charge < -0.3 is 34.9 Å². The highest BCUT2D eigenvalue weighted by Crippen LogP contribution is 2.40. The molecule has 43 heavy (non-hydrogen) atoms. The number of hydrogen-bond acceptors (Lipinski definition) is 9. The number of piperidine rings is 1. The van der Waals surface area contributed by atoms with Gasteiger partial charge in [0.15, 0.2) is 11.5 Å². The Labute approximate surface area is 250 Å². The summed E-state index contributed by atoms with van der Waals surface area (Å²) < 4.78 is 48.0. The maximum absolute atomic E-state index is 12.9. The molecule has 1 aliphatic rings. The number of alkyl halides is 3. The van der Waals surface area contributed by atoms with Crippen LogP contribution in [0.4, 0.5) is 30.6 Å². The summed E-state index contributed by atoms with van der Waals surface area (Å²) in [5.74, 6) is -0.109. The van der Waals surface area contributed by atoms with Crippen LogP contribution in [0.1, 0.15) is 18.4 Å². The second-order valence-corrected chi connectivity index (χ2v) is 9.65. The van der Waals surface area contributed by atoms with E-state index >= 15 is 0 Å². The smallest absolute Gasteiger partial charge is 0.490 e. The molecule has 15 heteroatoms. The molecule has 1 saturated heterocycles. The number of ether oxygens (including phenoxy) is 3. The minimum atomic E-state index is -5.08. The van der Waals surface area contributed by atoms with E-state index < -0.39 is 12.1 Å². The Morgan fingerprint density at radius 3 is 2.35 bits per heavy atom. The van der Waals surface area contributed by atoms with E-state index in [1.54, 1.807) is 39.7 Å². The summed E-state index contributed by atoms with van der Waals surface area (Å²) in [6.45, 7) is 1.85. The lowest BCUT2D eigenvalue weighted by molar-refractivity contribution is -0.192. The zero-order chi connectivity index (χ0) is 31.6. The molecule has 0 saturated carbocycles. The Kier molecular flexibility index (Phi) is 11.6. The highest BCUT2D eigenvalue weighted by molar-refractivity contribution is 6.30. The summed E-state index contributed by atoms with van der Waals surface area (Å²) in [5.41, 5.74) is 1.67. The largest absolute Gasteiger partial charge is 0.493 e. The third-order valence-electron chi connectivity index (χ3n) is 6.28. The number of amides is 1. The van der Waals surface area contributed by atoms with Crippen molar-refractivity contribution in [1.82, 2.24) is 15.3 Å². The second kappa shape index (κ2) is 15.1. The second-order valence-electron chi connectivity index (χ2n) is 9.21. The van der Waals surface area contributed by atoms with E-state index in [-0.39, 0.29) is 11.8 Å². The zero-order valence-corrected chi connectivity index (χ0v) is 24.3. The van der Waals surface area contributed by atoms with Crippen molar-refractivity contribution in [3.05, 3.63) is 59.2 Å². The van der Waals surface area contributed by atoms with Crippen LogP contribution < -0.4 is 29.7 Å². The van der Waals surface area contributed by atoms with Gasteiger partial charge in [0, 0.05) is 48.7 Å².